The molecule has 0 radical (unpaired) electrons. The van der Waals surface area contributed by atoms with Crippen molar-refractivity contribution in [3.8, 4) is 11.3 Å². The highest BCUT2D eigenvalue weighted by Crippen LogP contribution is 2.21. The minimum atomic E-state index is -1.27. The molecule has 0 spiro atoms. The average Bonchev–Trinajstić information content (AvgIpc) is 3.26. The first-order valence-electron chi connectivity index (χ1n) is 7.59. The van der Waals surface area contributed by atoms with E-state index in [-0.39, 0.29) is 18.9 Å². The van der Waals surface area contributed by atoms with Gasteiger partial charge in [-0.1, -0.05) is 35.5 Å². The molecule has 0 fully saturated rings. The van der Waals surface area contributed by atoms with Crippen molar-refractivity contribution < 1.29 is 18.8 Å². The molecule has 24 heavy (non-hydrogen) atoms. The standard InChI is InChI=1S/C18H18N2O4/c1-18(22,16-8-5-9-23-16)12-19-17(21)11-14-10-15(24-20-14)13-6-3-2-4-7-13/h2-10,22H,11-12H2,1H3,(H,19,21)/t18-/m1/s1. The minimum absolute atomic E-state index is 0.0444. The molecule has 6 nitrogen and oxygen atoms in total. The Hall–Kier alpha value is -2.86. The Morgan fingerprint density at radius 3 is 2.75 bits per heavy atom. The van der Waals surface area contributed by atoms with Gasteiger partial charge in [0.1, 0.15) is 11.4 Å². The summed E-state index contributed by atoms with van der Waals surface area (Å²) >= 11 is 0. The van der Waals surface area contributed by atoms with Gasteiger partial charge in [-0.2, -0.15) is 0 Å². The van der Waals surface area contributed by atoms with E-state index in [9.17, 15) is 9.90 Å². The summed E-state index contributed by atoms with van der Waals surface area (Å²) in [5, 5.41) is 16.9. The molecule has 0 bridgehead atoms. The maximum atomic E-state index is 12.0. The van der Waals surface area contributed by atoms with Gasteiger partial charge >= 0.3 is 0 Å². The lowest BCUT2D eigenvalue weighted by atomic mass is 10.0. The molecule has 0 aliphatic heterocycles. The molecular weight excluding hydrogens is 308 g/mol. The fourth-order valence-corrected chi connectivity index (χ4v) is 2.30. The number of hydrogen-bond donors (Lipinski definition) is 2. The highest BCUT2D eigenvalue weighted by atomic mass is 16.5. The van der Waals surface area contributed by atoms with E-state index in [1.165, 1.54) is 6.26 Å². The zero-order chi connectivity index (χ0) is 17.0. The van der Waals surface area contributed by atoms with Gasteiger partial charge in [0.25, 0.3) is 0 Å². The molecular formula is C18H18N2O4. The third-order valence-electron chi connectivity index (χ3n) is 3.64. The van der Waals surface area contributed by atoms with Crippen molar-refractivity contribution in [1.29, 1.82) is 0 Å². The van der Waals surface area contributed by atoms with E-state index in [1.54, 1.807) is 25.1 Å². The number of carbonyl (C=O) groups is 1. The number of nitrogens with zero attached hydrogens (tertiary/aromatic N) is 1. The van der Waals surface area contributed by atoms with E-state index in [4.69, 9.17) is 8.94 Å². The van der Waals surface area contributed by atoms with Crippen LogP contribution in [0, 0.1) is 0 Å². The normalized spacial score (nSPS) is 13.4. The Morgan fingerprint density at radius 1 is 1.25 bits per heavy atom. The molecule has 1 aromatic carbocycles. The van der Waals surface area contributed by atoms with Crippen LogP contribution in [0.2, 0.25) is 0 Å². The Morgan fingerprint density at radius 2 is 2.04 bits per heavy atom. The minimum Gasteiger partial charge on any atom is -0.466 e. The largest absolute Gasteiger partial charge is 0.466 e. The van der Waals surface area contributed by atoms with Crippen LogP contribution in [0.15, 0.2) is 63.7 Å². The summed E-state index contributed by atoms with van der Waals surface area (Å²) in [6, 6.07) is 14.6. The lowest BCUT2D eigenvalue weighted by Crippen LogP contribution is -2.39. The van der Waals surface area contributed by atoms with Crippen LogP contribution >= 0.6 is 0 Å². The third-order valence-corrected chi connectivity index (χ3v) is 3.64. The van der Waals surface area contributed by atoms with Gasteiger partial charge in [-0.05, 0) is 19.1 Å². The number of hydrogen-bond acceptors (Lipinski definition) is 5. The zero-order valence-electron chi connectivity index (χ0n) is 13.2. The van der Waals surface area contributed by atoms with Crippen molar-refractivity contribution in [3.05, 3.63) is 66.2 Å². The number of rotatable bonds is 6. The van der Waals surface area contributed by atoms with E-state index in [0.717, 1.165) is 5.56 Å². The van der Waals surface area contributed by atoms with Crippen molar-refractivity contribution in [1.82, 2.24) is 10.5 Å². The van der Waals surface area contributed by atoms with Gasteiger partial charge < -0.3 is 19.4 Å². The number of amides is 1. The summed E-state index contributed by atoms with van der Waals surface area (Å²) in [5.74, 6) is 0.756. The van der Waals surface area contributed by atoms with Crippen LogP contribution in [0.25, 0.3) is 11.3 Å². The Balaban J connectivity index is 1.57. The molecule has 3 aromatic rings. The van der Waals surface area contributed by atoms with Crippen LogP contribution in [0.3, 0.4) is 0 Å². The Kier molecular flexibility index (Phi) is 4.48. The highest BCUT2D eigenvalue weighted by Gasteiger charge is 2.26. The summed E-state index contributed by atoms with van der Waals surface area (Å²) in [6.45, 7) is 1.62. The molecule has 2 heterocycles. The quantitative estimate of drug-likeness (QED) is 0.726. The lowest BCUT2D eigenvalue weighted by Gasteiger charge is -2.20. The molecule has 0 saturated heterocycles. The fraction of sp³-hybridized carbons (Fsp3) is 0.222. The second kappa shape index (κ2) is 6.72. The molecule has 3 rings (SSSR count). The molecule has 1 atom stereocenters. The van der Waals surface area contributed by atoms with Crippen LogP contribution in [-0.2, 0) is 16.8 Å². The number of aliphatic hydroxyl groups is 1. The van der Waals surface area contributed by atoms with E-state index < -0.39 is 5.60 Å². The summed E-state index contributed by atoms with van der Waals surface area (Å²) in [7, 11) is 0. The second-order valence-electron chi connectivity index (χ2n) is 5.75. The zero-order valence-corrected chi connectivity index (χ0v) is 13.2. The van der Waals surface area contributed by atoms with Crippen molar-refractivity contribution in [2.24, 2.45) is 0 Å². The Bertz CT molecular complexity index is 792. The molecule has 1 amide bonds. The molecule has 0 unspecified atom stereocenters. The van der Waals surface area contributed by atoms with Gasteiger partial charge in [0.15, 0.2) is 5.76 Å². The number of aromatic nitrogens is 1. The predicted octanol–water partition coefficient (Wildman–Crippen LogP) is 2.50. The van der Waals surface area contributed by atoms with E-state index in [2.05, 4.69) is 10.5 Å². The molecule has 2 N–H and O–H groups in total. The first kappa shape index (κ1) is 16.0. The molecule has 2 aromatic heterocycles. The van der Waals surface area contributed by atoms with Crippen molar-refractivity contribution in [3.63, 3.8) is 0 Å². The smallest absolute Gasteiger partial charge is 0.226 e. The van der Waals surface area contributed by atoms with Crippen LogP contribution < -0.4 is 5.32 Å². The SMILES string of the molecule is C[C@@](O)(CNC(=O)Cc1cc(-c2ccccc2)on1)c1ccco1. The molecule has 0 aliphatic carbocycles. The number of nitrogens with one attached hydrogen (secondary N) is 1. The molecule has 124 valence electrons. The van der Waals surface area contributed by atoms with E-state index >= 15 is 0 Å². The first-order chi connectivity index (χ1) is 11.5. The first-order valence-corrected chi connectivity index (χ1v) is 7.59. The maximum Gasteiger partial charge on any atom is 0.226 e. The van der Waals surface area contributed by atoms with Crippen molar-refractivity contribution in [2.75, 3.05) is 6.54 Å². The van der Waals surface area contributed by atoms with Gasteiger partial charge in [-0.3, -0.25) is 4.79 Å². The second-order valence-corrected chi connectivity index (χ2v) is 5.75. The number of carbonyl (C=O) groups excluding carboxylic acids is 1. The summed E-state index contributed by atoms with van der Waals surface area (Å²) in [4.78, 5) is 12.0. The monoisotopic (exact) mass is 326 g/mol. The third kappa shape index (κ3) is 3.72. The van der Waals surface area contributed by atoms with Gasteiger partial charge in [0.05, 0.1) is 24.9 Å². The maximum absolute atomic E-state index is 12.0. The number of benzene rings is 1. The van der Waals surface area contributed by atoms with Crippen LogP contribution in [0.1, 0.15) is 18.4 Å². The topological polar surface area (TPSA) is 88.5 Å². The van der Waals surface area contributed by atoms with Gasteiger partial charge in [-0.15, -0.1) is 0 Å². The van der Waals surface area contributed by atoms with E-state index in [1.807, 2.05) is 30.3 Å². The van der Waals surface area contributed by atoms with Gasteiger partial charge in [-0.25, -0.2) is 0 Å². The summed E-state index contributed by atoms with van der Waals surface area (Å²) < 4.78 is 10.4. The van der Waals surface area contributed by atoms with Crippen LogP contribution in [-0.4, -0.2) is 22.7 Å². The van der Waals surface area contributed by atoms with Gasteiger partial charge in [0.2, 0.25) is 5.91 Å². The average molecular weight is 326 g/mol. The molecule has 0 saturated carbocycles. The predicted molar refractivity (Wildman–Crippen MR) is 86.9 cm³/mol. The summed E-state index contributed by atoms with van der Waals surface area (Å²) in [6.07, 6.45) is 1.55. The van der Waals surface area contributed by atoms with Crippen LogP contribution in [0.4, 0.5) is 0 Å². The van der Waals surface area contributed by atoms with E-state index in [0.29, 0.717) is 17.2 Å². The van der Waals surface area contributed by atoms with Gasteiger partial charge in [0, 0.05) is 11.6 Å². The fourth-order valence-electron chi connectivity index (χ4n) is 2.30. The highest BCUT2D eigenvalue weighted by molar-refractivity contribution is 5.78. The molecule has 0 aliphatic rings. The van der Waals surface area contributed by atoms with Crippen molar-refractivity contribution in [2.45, 2.75) is 18.9 Å². The van der Waals surface area contributed by atoms with Crippen molar-refractivity contribution >= 4 is 5.91 Å². The van der Waals surface area contributed by atoms with Crippen LogP contribution in [0.5, 0.6) is 0 Å². The number of furan rings is 1. The molecule has 6 heteroatoms. The lowest BCUT2D eigenvalue weighted by molar-refractivity contribution is -0.121. The summed E-state index contributed by atoms with van der Waals surface area (Å²) in [5.41, 5.74) is 0.166. The Labute approximate surface area is 139 Å².